The van der Waals surface area contributed by atoms with Crippen LogP contribution in [0.25, 0.3) is 11.0 Å². The molecule has 0 bridgehead atoms. The van der Waals surface area contributed by atoms with Crippen molar-refractivity contribution in [1.82, 2.24) is 20.3 Å². The van der Waals surface area contributed by atoms with Crippen LogP contribution in [0.2, 0.25) is 10.0 Å². The van der Waals surface area contributed by atoms with Crippen molar-refractivity contribution in [3.8, 4) is 0 Å². The van der Waals surface area contributed by atoms with Crippen molar-refractivity contribution in [1.29, 1.82) is 0 Å². The highest BCUT2D eigenvalue weighted by Gasteiger charge is 2.20. The third-order valence-corrected chi connectivity index (χ3v) is 5.50. The predicted molar refractivity (Wildman–Crippen MR) is 122 cm³/mol. The summed E-state index contributed by atoms with van der Waals surface area (Å²) in [5, 5.41) is 21.3. The number of nitrogens with zero attached hydrogens (tertiary/aromatic N) is 3. The largest absolute Gasteiger partial charge is 0.478 e. The molecule has 2 N–H and O–H groups in total. The molecule has 3 aromatic carbocycles. The first-order valence-corrected chi connectivity index (χ1v) is 10.5. The zero-order valence-corrected chi connectivity index (χ0v) is 18.4. The maximum atomic E-state index is 13.2. The molecule has 9 heteroatoms. The van der Waals surface area contributed by atoms with Crippen molar-refractivity contribution < 1.29 is 14.7 Å². The van der Waals surface area contributed by atoms with Crippen molar-refractivity contribution in [3.63, 3.8) is 0 Å². The van der Waals surface area contributed by atoms with Gasteiger partial charge in [-0.05, 0) is 54.4 Å². The lowest BCUT2D eigenvalue weighted by molar-refractivity contribution is 0.0696. The van der Waals surface area contributed by atoms with Crippen LogP contribution in [0.3, 0.4) is 0 Å². The number of hydrogen-bond acceptors (Lipinski definition) is 4. The van der Waals surface area contributed by atoms with E-state index in [-0.39, 0.29) is 17.5 Å². The molecule has 0 spiro atoms. The van der Waals surface area contributed by atoms with Gasteiger partial charge in [0.25, 0.3) is 5.91 Å². The van der Waals surface area contributed by atoms with Gasteiger partial charge in [-0.15, -0.1) is 5.10 Å². The number of rotatable bonds is 6. The Kier molecular flexibility index (Phi) is 6.12. The standard InChI is InChI=1S/C23H18Cl2N4O3/c1-13(15-5-7-16(8-6-15)23(31)32)26-22(30)19-10-18(25)11-20-21(19)29(28-27-20)12-14-3-2-4-17(24)9-14/h2-11,13H,12H2,1H3,(H,26,30)(H,31,32). The summed E-state index contributed by atoms with van der Waals surface area (Å²) in [4.78, 5) is 24.2. The van der Waals surface area contributed by atoms with Gasteiger partial charge in [0.1, 0.15) is 11.0 Å². The summed E-state index contributed by atoms with van der Waals surface area (Å²) in [6.07, 6.45) is 0. The first-order chi connectivity index (χ1) is 15.3. The van der Waals surface area contributed by atoms with E-state index in [0.29, 0.717) is 33.2 Å². The summed E-state index contributed by atoms with van der Waals surface area (Å²) in [5.41, 5.74) is 3.27. The minimum atomic E-state index is -1.00. The van der Waals surface area contributed by atoms with Crippen molar-refractivity contribution >= 4 is 46.1 Å². The molecule has 1 amide bonds. The van der Waals surface area contributed by atoms with E-state index in [1.165, 1.54) is 12.1 Å². The van der Waals surface area contributed by atoms with Crippen LogP contribution in [0.1, 0.15) is 44.8 Å². The third-order valence-electron chi connectivity index (χ3n) is 5.04. The molecule has 162 valence electrons. The molecule has 4 rings (SSSR count). The minimum absolute atomic E-state index is 0.180. The number of hydrogen-bond donors (Lipinski definition) is 2. The summed E-state index contributed by atoms with van der Waals surface area (Å²) < 4.78 is 1.64. The molecule has 0 fully saturated rings. The molecule has 0 aliphatic rings. The molecule has 0 aliphatic carbocycles. The minimum Gasteiger partial charge on any atom is -0.478 e. The van der Waals surface area contributed by atoms with E-state index in [9.17, 15) is 9.59 Å². The zero-order chi connectivity index (χ0) is 22.8. The first kappa shape index (κ1) is 21.8. The Bertz CT molecular complexity index is 1320. The molecule has 1 atom stereocenters. The highest BCUT2D eigenvalue weighted by Crippen LogP contribution is 2.25. The third kappa shape index (κ3) is 4.59. The molecular weight excluding hydrogens is 451 g/mol. The Labute approximate surface area is 193 Å². The molecule has 0 radical (unpaired) electrons. The van der Waals surface area contributed by atoms with Gasteiger partial charge >= 0.3 is 5.97 Å². The number of nitrogens with one attached hydrogen (secondary N) is 1. The number of aromatic carboxylic acids is 1. The Morgan fingerprint density at radius 1 is 1.06 bits per heavy atom. The second kappa shape index (κ2) is 8.98. The van der Waals surface area contributed by atoms with E-state index >= 15 is 0 Å². The molecule has 4 aromatic rings. The number of fused-ring (bicyclic) bond motifs is 1. The predicted octanol–water partition coefficient (Wildman–Crippen LogP) is 4.98. The highest BCUT2D eigenvalue weighted by atomic mass is 35.5. The lowest BCUT2D eigenvalue weighted by atomic mass is 10.1. The number of benzene rings is 3. The average Bonchev–Trinajstić information content (AvgIpc) is 3.15. The number of amides is 1. The van der Waals surface area contributed by atoms with E-state index in [0.717, 1.165) is 11.1 Å². The van der Waals surface area contributed by atoms with Gasteiger partial charge in [0, 0.05) is 10.0 Å². The van der Waals surface area contributed by atoms with Gasteiger partial charge in [0.2, 0.25) is 0 Å². The van der Waals surface area contributed by atoms with Gasteiger partial charge in [-0.1, -0.05) is 52.7 Å². The maximum absolute atomic E-state index is 13.2. The van der Waals surface area contributed by atoms with Crippen LogP contribution < -0.4 is 5.32 Å². The van der Waals surface area contributed by atoms with Gasteiger partial charge in [-0.3, -0.25) is 4.79 Å². The number of halogens is 2. The molecule has 32 heavy (non-hydrogen) atoms. The molecule has 1 unspecified atom stereocenters. The van der Waals surface area contributed by atoms with Gasteiger partial charge < -0.3 is 10.4 Å². The molecule has 0 saturated carbocycles. The molecular formula is C23H18Cl2N4O3. The van der Waals surface area contributed by atoms with Crippen molar-refractivity contribution in [2.24, 2.45) is 0 Å². The summed E-state index contributed by atoms with van der Waals surface area (Å²) in [6.45, 7) is 2.20. The van der Waals surface area contributed by atoms with Crippen LogP contribution in [0.15, 0.2) is 60.7 Å². The summed E-state index contributed by atoms with van der Waals surface area (Å²) >= 11 is 12.3. The normalized spacial score (nSPS) is 12.0. The zero-order valence-electron chi connectivity index (χ0n) is 16.9. The van der Waals surface area contributed by atoms with Crippen LogP contribution in [0, 0.1) is 0 Å². The van der Waals surface area contributed by atoms with Gasteiger partial charge in [-0.25, -0.2) is 9.48 Å². The van der Waals surface area contributed by atoms with E-state index in [2.05, 4.69) is 15.6 Å². The second-order valence-electron chi connectivity index (χ2n) is 7.32. The van der Waals surface area contributed by atoms with E-state index in [1.54, 1.807) is 35.0 Å². The first-order valence-electron chi connectivity index (χ1n) is 9.73. The Morgan fingerprint density at radius 3 is 2.50 bits per heavy atom. The average molecular weight is 469 g/mol. The van der Waals surface area contributed by atoms with Crippen LogP contribution in [0.5, 0.6) is 0 Å². The van der Waals surface area contributed by atoms with Crippen LogP contribution in [-0.4, -0.2) is 32.0 Å². The fourth-order valence-electron chi connectivity index (χ4n) is 3.44. The summed E-state index contributed by atoms with van der Waals surface area (Å²) in [7, 11) is 0. The Balaban J connectivity index is 1.64. The molecule has 1 heterocycles. The van der Waals surface area contributed by atoms with Crippen molar-refractivity contribution in [2.45, 2.75) is 19.5 Å². The topological polar surface area (TPSA) is 97.1 Å². The SMILES string of the molecule is CC(NC(=O)c1cc(Cl)cc2nnn(Cc3cccc(Cl)c3)c12)c1ccc(C(=O)O)cc1. The molecule has 7 nitrogen and oxygen atoms in total. The smallest absolute Gasteiger partial charge is 0.335 e. The number of aromatic nitrogens is 3. The molecule has 1 aromatic heterocycles. The van der Waals surface area contributed by atoms with Crippen LogP contribution in [-0.2, 0) is 6.54 Å². The summed E-state index contributed by atoms with van der Waals surface area (Å²) in [6, 6.07) is 16.6. The number of carboxylic acid groups (broad SMARTS) is 1. The van der Waals surface area contributed by atoms with Crippen LogP contribution in [0.4, 0.5) is 0 Å². The number of carbonyl (C=O) groups is 2. The van der Waals surface area contributed by atoms with Gasteiger partial charge in [0.05, 0.1) is 23.7 Å². The maximum Gasteiger partial charge on any atom is 0.335 e. The molecule has 0 saturated heterocycles. The van der Waals surface area contributed by atoms with E-state index < -0.39 is 5.97 Å². The fraction of sp³-hybridized carbons (Fsp3) is 0.130. The van der Waals surface area contributed by atoms with Crippen LogP contribution >= 0.6 is 23.2 Å². The fourth-order valence-corrected chi connectivity index (χ4v) is 3.87. The monoisotopic (exact) mass is 468 g/mol. The van der Waals surface area contributed by atoms with Crippen molar-refractivity contribution in [2.75, 3.05) is 0 Å². The Morgan fingerprint density at radius 2 is 1.81 bits per heavy atom. The highest BCUT2D eigenvalue weighted by molar-refractivity contribution is 6.32. The number of carbonyl (C=O) groups excluding carboxylic acids is 1. The second-order valence-corrected chi connectivity index (χ2v) is 8.19. The van der Waals surface area contributed by atoms with E-state index in [4.69, 9.17) is 28.3 Å². The Hall–Kier alpha value is -3.42. The van der Waals surface area contributed by atoms with E-state index in [1.807, 2.05) is 25.1 Å². The van der Waals surface area contributed by atoms with Crippen molar-refractivity contribution in [3.05, 3.63) is 93.0 Å². The lowest BCUT2D eigenvalue weighted by Crippen LogP contribution is -2.27. The lowest BCUT2D eigenvalue weighted by Gasteiger charge is -2.16. The quantitative estimate of drug-likeness (QED) is 0.416. The van der Waals surface area contributed by atoms with Gasteiger partial charge in [0.15, 0.2) is 0 Å². The molecule has 0 aliphatic heterocycles. The van der Waals surface area contributed by atoms with Gasteiger partial charge in [-0.2, -0.15) is 0 Å². The number of carboxylic acids is 1. The summed E-state index contributed by atoms with van der Waals surface area (Å²) in [5.74, 6) is -1.35.